The molecule has 0 spiro atoms. The number of carbonyl (C=O) groups is 10. The van der Waals surface area contributed by atoms with Gasteiger partial charge in [-0.2, -0.15) is 101 Å². The Morgan fingerprint density at radius 1 is 0.237 bits per heavy atom. The van der Waals surface area contributed by atoms with Gasteiger partial charge in [0.05, 0.1) is 75.4 Å². The number of carbonyl (C=O) groups excluding carboxylic acids is 10. The molecule has 0 rings (SSSR count). The van der Waals surface area contributed by atoms with Crippen LogP contribution in [0.2, 0.25) is 0 Å². The molecule has 0 radical (unpaired) electrons. The third kappa shape index (κ3) is 38.9. The smallest absolute Gasteiger partial charge is 0.306 e. The van der Waals surface area contributed by atoms with E-state index in [2.05, 4.69) is 101 Å². The summed E-state index contributed by atoms with van der Waals surface area (Å²) in [4.78, 5) is 121. The summed E-state index contributed by atoms with van der Waals surface area (Å²) in [6.45, 7) is -0.304. The highest BCUT2D eigenvalue weighted by Crippen LogP contribution is 2.27. The predicted molar refractivity (Wildman–Crippen MR) is 305 cm³/mol. The molecule has 0 amide bonds. The van der Waals surface area contributed by atoms with Crippen LogP contribution in [0, 0.1) is 16.2 Å². The van der Waals surface area contributed by atoms with Gasteiger partial charge in [0.1, 0.15) is 71.5 Å². The Bertz CT molecular complexity index is 1450. The second-order valence-electron chi connectivity index (χ2n) is 16.9. The number of esters is 10. The summed E-state index contributed by atoms with van der Waals surface area (Å²) in [6, 6.07) is 0. The molecule has 0 N–H and O–H groups in total. The van der Waals surface area contributed by atoms with Crippen LogP contribution >= 0.6 is 101 Å². The molecule has 0 aromatic carbocycles. The second kappa shape index (κ2) is 47.3. The Labute approximate surface area is 490 Å². The van der Waals surface area contributed by atoms with Gasteiger partial charge in [0, 0.05) is 58.9 Å². The van der Waals surface area contributed by atoms with Crippen molar-refractivity contribution in [2.45, 2.75) is 90.9 Å². The maximum Gasteiger partial charge on any atom is 0.306 e. The minimum absolute atomic E-state index is 0.00875. The lowest BCUT2D eigenvalue weighted by molar-refractivity contribution is -0.176. The molecule has 0 bridgehead atoms. The molecule has 0 aliphatic carbocycles. The summed E-state index contributed by atoms with van der Waals surface area (Å²) in [7, 11) is 0. The van der Waals surface area contributed by atoms with Crippen molar-refractivity contribution in [1.82, 2.24) is 0 Å². The number of thiol groups is 8. The summed E-state index contributed by atoms with van der Waals surface area (Å²) in [5.74, 6) is -3.56. The average Bonchev–Trinajstić information content (AvgIpc) is 3.37. The lowest BCUT2D eigenvalue weighted by Gasteiger charge is -2.35. The monoisotopic (exact) mass is 1230 g/mol. The minimum atomic E-state index is -1.40. The van der Waals surface area contributed by atoms with Crippen LogP contribution in [0.25, 0.3) is 0 Å². The van der Waals surface area contributed by atoms with Crippen LogP contribution in [0.5, 0.6) is 0 Å². The second-order valence-corrected chi connectivity index (χ2v) is 20.5. The molecule has 76 heavy (non-hydrogen) atoms. The topological polar surface area (TPSA) is 272 Å². The van der Waals surface area contributed by atoms with E-state index in [0.717, 1.165) is 0 Å². The molecule has 0 fully saturated rings. The highest BCUT2D eigenvalue weighted by atomic mass is 32.1. The number of rotatable bonds is 44. The van der Waals surface area contributed by atoms with Gasteiger partial charge in [-0.05, 0) is 12.8 Å². The van der Waals surface area contributed by atoms with Gasteiger partial charge >= 0.3 is 59.7 Å². The van der Waals surface area contributed by atoms with Crippen LogP contribution in [0.3, 0.4) is 0 Å². The van der Waals surface area contributed by atoms with Crippen molar-refractivity contribution < 1.29 is 100 Å². The Balaban J connectivity index is 0. The SMILES string of the molecule is CCCC(=O)OCC(COC(=O)CCS)(COC(=O)CCS)COC(=O)CCS.CCCC(=O)OCC(COCC(COC(=O)CCS)(COC(=O)CCS)COC(=O)CCS)(COC(=O)CCS)COC(=O)CCS. The molecule has 0 atom stereocenters. The minimum Gasteiger partial charge on any atom is -0.465 e. The van der Waals surface area contributed by atoms with Gasteiger partial charge in [-0.15, -0.1) is 0 Å². The largest absolute Gasteiger partial charge is 0.465 e. The van der Waals surface area contributed by atoms with Crippen molar-refractivity contribution in [3.05, 3.63) is 0 Å². The van der Waals surface area contributed by atoms with Crippen molar-refractivity contribution in [2.75, 3.05) is 125 Å². The molecule has 0 heterocycles. The van der Waals surface area contributed by atoms with Crippen LogP contribution in [0.4, 0.5) is 0 Å². The maximum absolute atomic E-state index is 12.4. The van der Waals surface area contributed by atoms with Crippen LogP contribution in [0.1, 0.15) is 90.9 Å². The zero-order valence-corrected chi connectivity index (χ0v) is 50.4. The molecular weight excluding hydrogens is 1160 g/mol. The fourth-order valence-electron chi connectivity index (χ4n) is 5.43. The lowest BCUT2D eigenvalue weighted by Crippen LogP contribution is -2.47. The molecule has 29 heteroatoms. The van der Waals surface area contributed by atoms with E-state index >= 15 is 0 Å². The quantitative estimate of drug-likeness (QED) is 0.0236. The Kier molecular flexibility index (Phi) is 47.0. The Morgan fingerprint density at radius 2 is 0.368 bits per heavy atom. The van der Waals surface area contributed by atoms with Gasteiger partial charge in [-0.1, -0.05) is 13.8 Å². The van der Waals surface area contributed by atoms with E-state index in [9.17, 15) is 47.9 Å². The van der Waals surface area contributed by atoms with Crippen molar-refractivity contribution in [2.24, 2.45) is 16.2 Å². The summed E-state index contributed by atoms with van der Waals surface area (Å²) in [5, 5.41) is 0. The fourth-order valence-corrected chi connectivity index (χ4v) is 6.89. The van der Waals surface area contributed by atoms with Gasteiger partial charge in [-0.25, -0.2) is 0 Å². The number of hydrogen-bond donors (Lipinski definition) is 8. The first kappa shape index (κ1) is 75.5. The highest BCUT2D eigenvalue weighted by molar-refractivity contribution is 7.81. The van der Waals surface area contributed by atoms with E-state index in [4.69, 9.17) is 52.1 Å². The molecule has 0 aromatic heterocycles. The zero-order chi connectivity index (χ0) is 57.7. The highest BCUT2D eigenvalue weighted by Gasteiger charge is 2.41. The van der Waals surface area contributed by atoms with Gasteiger partial charge < -0.3 is 52.1 Å². The molecule has 21 nitrogen and oxygen atoms in total. The van der Waals surface area contributed by atoms with Crippen LogP contribution < -0.4 is 0 Å². The van der Waals surface area contributed by atoms with Crippen LogP contribution in [0.15, 0.2) is 0 Å². The van der Waals surface area contributed by atoms with Crippen molar-refractivity contribution in [1.29, 1.82) is 0 Å². The van der Waals surface area contributed by atoms with Gasteiger partial charge in [0.15, 0.2) is 0 Å². The molecule has 0 unspecified atom stereocenters. The predicted octanol–water partition coefficient (Wildman–Crippen LogP) is 4.54. The maximum atomic E-state index is 12.4. The van der Waals surface area contributed by atoms with Gasteiger partial charge in [0.2, 0.25) is 0 Å². The molecule has 0 aromatic rings. The van der Waals surface area contributed by atoms with Crippen molar-refractivity contribution in [3.8, 4) is 0 Å². The van der Waals surface area contributed by atoms with Crippen molar-refractivity contribution in [3.63, 3.8) is 0 Å². The fraction of sp³-hybridized carbons (Fsp3) is 0.787. The summed E-state index contributed by atoms with van der Waals surface area (Å²) < 4.78 is 59.7. The third-order valence-corrected chi connectivity index (χ3v) is 11.4. The molecule has 0 saturated heterocycles. The first-order valence-electron chi connectivity index (χ1n) is 24.3. The summed E-state index contributed by atoms with van der Waals surface area (Å²) in [6.07, 6.45) is 1.60. The normalized spacial score (nSPS) is 11.2. The van der Waals surface area contributed by atoms with E-state index < -0.39 is 75.9 Å². The standard InChI is InChI=1S/C29H48O13S5.C18H30O8S3/c1-2-3-22(30)37-16-28(17-38-23(31)4-9-43,18-39-24(32)5-10-44)14-36-15-29(19-40-25(33)6-11-45,20-41-26(34)7-12-46)21-42-27(35)8-13-47;1-2-3-14(19)23-10-18(11-24-15(20)4-7-27,12-25-16(21)5-8-28)13-26-17(22)6-9-29/h43-47H,2-21H2,1H3;27-29H,2-13H2,1H3. The number of ether oxygens (including phenoxy) is 11. The van der Waals surface area contributed by atoms with E-state index in [-0.39, 0.29) is 172 Å². The third-order valence-electron chi connectivity index (χ3n) is 9.65. The van der Waals surface area contributed by atoms with E-state index in [1.807, 2.05) is 6.92 Å². The van der Waals surface area contributed by atoms with Gasteiger partial charge in [0.25, 0.3) is 0 Å². The zero-order valence-electron chi connectivity index (χ0n) is 43.3. The molecule has 0 saturated carbocycles. The molecule has 0 aliphatic heterocycles. The Morgan fingerprint density at radius 3 is 0.500 bits per heavy atom. The molecule has 440 valence electrons. The number of hydrogen-bond acceptors (Lipinski definition) is 29. The van der Waals surface area contributed by atoms with Crippen LogP contribution in [-0.2, 0) is 100 Å². The lowest BCUT2D eigenvalue weighted by atomic mass is 9.90. The molecule has 0 aliphatic rings. The Hall–Kier alpha value is -2.54. The van der Waals surface area contributed by atoms with Gasteiger partial charge in [-0.3, -0.25) is 47.9 Å². The first-order chi connectivity index (χ1) is 36.3. The average molecular weight is 1240 g/mol. The van der Waals surface area contributed by atoms with E-state index in [1.54, 1.807) is 6.92 Å². The summed E-state index contributed by atoms with van der Waals surface area (Å²) in [5.41, 5.74) is -4.02. The van der Waals surface area contributed by atoms with Crippen LogP contribution in [-0.4, -0.2) is 185 Å². The first-order valence-corrected chi connectivity index (χ1v) is 29.3. The van der Waals surface area contributed by atoms with E-state index in [1.165, 1.54) is 0 Å². The van der Waals surface area contributed by atoms with Crippen molar-refractivity contribution >= 4 is 161 Å². The van der Waals surface area contributed by atoms with E-state index in [0.29, 0.717) is 30.1 Å². The molecular formula is C47H78O21S8. The summed E-state index contributed by atoms with van der Waals surface area (Å²) >= 11 is 32.2.